The lowest BCUT2D eigenvalue weighted by molar-refractivity contribution is -0.376. The summed E-state index contributed by atoms with van der Waals surface area (Å²) in [5.74, 6) is 0.780. The van der Waals surface area contributed by atoms with Crippen molar-refractivity contribution >= 4 is 5.97 Å². The van der Waals surface area contributed by atoms with Gasteiger partial charge in [0.15, 0.2) is 43.8 Å². The normalized spacial score (nSPS) is 52.0. The molecule has 25 heteroatoms. The number of carbonyl (C=O) groups is 1. The highest BCUT2D eigenvalue weighted by atomic mass is 16.8. The Bertz CT molecular complexity index is 2070. The van der Waals surface area contributed by atoms with Crippen LogP contribution < -0.4 is 0 Å². The minimum absolute atomic E-state index is 0.0401. The van der Waals surface area contributed by atoms with Gasteiger partial charge >= 0.3 is 5.97 Å². The van der Waals surface area contributed by atoms with E-state index in [0.29, 0.717) is 17.8 Å². The van der Waals surface area contributed by atoms with Gasteiger partial charge in [-0.15, -0.1) is 0 Å². The molecule has 5 heterocycles. The van der Waals surface area contributed by atoms with Crippen molar-refractivity contribution in [3.8, 4) is 0 Å². The maximum atomic E-state index is 12.1. The van der Waals surface area contributed by atoms with Gasteiger partial charge in [0.2, 0.25) is 0 Å². The van der Waals surface area contributed by atoms with Crippen LogP contribution in [0.25, 0.3) is 0 Å². The molecule has 0 bridgehead atoms. The predicted octanol–water partition coefficient (Wildman–Crippen LogP) is -0.997. The maximum absolute atomic E-state index is 12.1. The summed E-state index contributed by atoms with van der Waals surface area (Å²) < 4.78 is 84.0. The van der Waals surface area contributed by atoms with Crippen LogP contribution in [0.1, 0.15) is 99.3 Å². The van der Waals surface area contributed by atoms with Crippen LogP contribution in [0.2, 0.25) is 0 Å². The van der Waals surface area contributed by atoms with Gasteiger partial charge in [-0.25, -0.2) is 0 Å². The molecular weight excluding hydrogens is 1060 g/mol. The standard InChI is InChI=1S/C55H90O25/c1-22(71-52-48(46(69-9)37(59)23(2)72-52)80-51-43(65)41(63)39(61)34(77-51)21-70-50-42(64)40(62)38(60)33(20-56)76-50)29-12-13-30-28-11-10-26-18-27(14-16-54(26,5)31(28)15-17-55(29,30)6)75-35-19-32(67-7)44(49(66)78-35)79-53-47(74-25(4)57)45(68-8)36(58)24(3)73-53/h10,22-24,27-53,56,58-66H,11-21H2,1-9H3/t22-,23+,24+,27-,28-,29+,30-,31-,32-,33+,34+,35+,36-,37-,38+,39+,40-,41-,42+,43+,44-,45-,46-,47+,48+,49-,50+,51-,52+,53-,54-,55+/m0/s1. The first kappa shape index (κ1) is 62.8. The lowest BCUT2D eigenvalue weighted by Gasteiger charge is -2.58. The highest BCUT2D eigenvalue weighted by Crippen LogP contribution is 2.67. The van der Waals surface area contributed by atoms with Gasteiger partial charge in [-0.05, 0) is 107 Å². The number of esters is 1. The van der Waals surface area contributed by atoms with Crippen LogP contribution in [-0.2, 0) is 71.1 Å². The minimum atomic E-state index is -1.82. The summed E-state index contributed by atoms with van der Waals surface area (Å²) in [4.78, 5) is 12.1. The van der Waals surface area contributed by atoms with Crippen molar-refractivity contribution in [2.45, 2.75) is 259 Å². The fraction of sp³-hybridized carbons (Fsp3) is 0.945. The van der Waals surface area contributed by atoms with Gasteiger partial charge in [-0.2, -0.15) is 0 Å². The molecule has 4 aliphatic carbocycles. The number of ether oxygens (including phenoxy) is 14. The van der Waals surface area contributed by atoms with Crippen molar-refractivity contribution in [3.63, 3.8) is 0 Å². The van der Waals surface area contributed by atoms with Gasteiger partial charge in [0, 0.05) is 34.7 Å². The van der Waals surface area contributed by atoms with E-state index < -0.39 is 167 Å². The fourth-order valence-electron chi connectivity index (χ4n) is 15.4. The van der Waals surface area contributed by atoms with E-state index in [1.165, 1.54) is 33.8 Å². The summed E-state index contributed by atoms with van der Waals surface area (Å²) in [5.41, 5.74) is 1.25. The quantitative estimate of drug-likeness (QED) is 0.0617. The second kappa shape index (κ2) is 25.7. The molecular formula is C55H90O25. The van der Waals surface area contributed by atoms with Crippen LogP contribution in [-0.4, -0.2) is 251 Å². The molecule has 460 valence electrons. The molecule has 10 N–H and O–H groups in total. The largest absolute Gasteiger partial charge is 0.454 e. The van der Waals surface area contributed by atoms with Crippen molar-refractivity contribution in [2.24, 2.45) is 34.5 Å². The second-order valence-electron chi connectivity index (χ2n) is 24.4. The van der Waals surface area contributed by atoms with Gasteiger partial charge in [0.1, 0.15) is 85.5 Å². The molecule has 32 atom stereocenters. The molecule has 5 aliphatic heterocycles. The zero-order chi connectivity index (χ0) is 57.9. The molecule has 0 radical (unpaired) electrons. The molecule has 9 aliphatic rings. The van der Waals surface area contributed by atoms with E-state index in [4.69, 9.17) is 66.3 Å². The monoisotopic (exact) mass is 1150 g/mol. The van der Waals surface area contributed by atoms with E-state index in [1.807, 2.05) is 6.92 Å². The van der Waals surface area contributed by atoms with Crippen LogP contribution in [0, 0.1) is 34.5 Å². The third kappa shape index (κ3) is 12.1. The molecule has 0 aromatic heterocycles. The Morgan fingerprint density at radius 3 is 1.93 bits per heavy atom. The first-order valence-electron chi connectivity index (χ1n) is 28.7. The van der Waals surface area contributed by atoms with Crippen molar-refractivity contribution in [3.05, 3.63) is 11.6 Å². The highest BCUT2D eigenvalue weighted by Gasteiger charge is 2.61. The molecule has 0 amide bonds. The molecule has 9 rings (SSSR count). The highest BCUT2D eigenvalue weighted by molar-refractivity contribution is 5.66. The third-order valence-electron chi connectivity index (χ3n) is 19.9. The van der Waals surface area contributed by atoms with E-state index in [0.717, 1.165) is 51.4 Å². The van der Waals surface area contributed by atoms with Gasteiger partial charge in [-0.1, -0.05) is 25.5 Å². The summed E-state index contributed by atoms with van der Waals surface area (Å²) in [6.45, 7) is 10.1. The summed E-state index contributed by atoms with van der Waals surface area (Å²) in [7, 11) is 4.30. The topological polar surface area (TPSA) is 349 Å². The van der Waals surface area contributed by atoms with Crippen molar-refractivity contribution in [2.75, 3.05) is 34.5 Å². The molecule has 0 unspecified atom stereocenters. The zero-order valence-electron chi connectivity index (χ0n) is 47.3. The van der Waals surface area contributed by atoms with Crippen LogP contribution in [0.4, 0.5) is 0 Å². The number of hydrogen-bond donors (Lipinski definition) is 10. The predicted molar refractivity (Wildman–Crippen MR) is 271 cm³/mol. The summed E-state index contributed by atoms with van der Waals surface area (Å²) in [6.07, 6.45) is -21.4. The Morgan fingerprint density at radius 2 is 1.27 bits per heavy atom. The number of aliphatic hydroxyl groups excluding tert-OH is 10. The Morgan fingerprint density at radius 1 is 0.650 bits per heavy atom. The lowest BCUT2D eigenvalue weighted by Crippen LogP contribution is -2.65. The molecule has 25 nitrogen and oxygen atoms in total. The first-order chi connectivity index (χ1) is 38.0. The maximum Gasteiger partial charge on any atom is 0.303 e. The van der Waals surface area contributed by atoms with Crippen molar-refractivity contribution in [1.29, 1.82) is 0 Å². The van der Waals surface area contributed by atoms with Gasteiger partial charge in [0.05, 0.1) is 43.7 Å². The number of methoxy groups -OCH3 is 3. The number of carbonyl (C=O) groups excluding carboxylic acids is 1. The SMILES string of the molecule is CO[C@H]1[C@@H](O)[C@@H](C)O[C@@H](O[C@H]2[C@@H](OC)C[C@H](O[C@H]3CC[C@@]4(C)C(=CC[C@H]5[C@@H]6CC[C@H]([C@H](C)O[C@@H]7O[C@H](C)[C@H](O)[C@H](OC)[C@H]7O[C@@H]7O[C@H](CO[C@@H]8O[C@H](CO)[C@@H](O)[C@H](O)[C@H]8O)[C@@H](O)[C@H](O)[C@H]7O)[C@@]6(C)CC[C@@H]54)C3)O[C@@H]2O)[C@@H]1OC(C)=O. The third-order valence-corrected chi connectivity index (χ3v) is 19.9. The Balaban J connectivity index is 0.819. The average Bonchev–Trinajstić information content (AvgIpc) is 4.01. The van der Waals surface area contributed by atoms with E-state index in [1.54, 1.807) is 13.8 Å². The molecule has 5 saturated heterocycles. The smallest absolute Gasteiger partial charge is 0.303 e. The number of fused-ring (bicyclic) bond motifs is 5. The van der Waals surface area contributed by atoms with Crippen molar-refractivity contribution in [1.82, 2.24) is 0 Å². The fourth-order valence-corrected chi connectivity index (χ4v) is 15.4. The van der Waals surface area contributed by atoms with Crippen molar-refractivity contribution < 1.29 is 122 Å². The molecule has 8 fully saturated rings. The molecule has 0 aromatic carbocycles. The van der Waals surface area contributed by atoms with Crippen LogP contribution >= 0.6 is 0 Å². The van der Waals surface area contributed by atoms with E-state index in [2.05, 4.69) is 19.9 Å². The summed E-state index contributed by atoms with van der Waals surface area (Å²) in [6, 6.07) is 0. The molecule has 80 heavy (non-hydrogen) atoms. The van der Waals surface area contributed by atoms with Gasteiger partial charge in [-0.3, -0.25) is 4.79 Å². The summed E-state index contributed by atoms with van der Waals surface area (Å²) in [5, 5.41) is 107. The lowest BCUT2D eigenvalue weighted by atomic mass is 9.47. The number of rotatable bonds is 17. The first-order valence-corrected chi connectivity index (χ1v) is 28.7. The molecule has 0 aromatic rings. The van der Waals surface area contributed by atoms with Gasteiger partial charge < -0.3 is 117 Å². The molecule has 3 saturated carbocycles. The Kier molecular flexibility index (Phi) is 20.2. The second-order valence-corrected chi connectivity index (χ2v) is 24.4. The van der Waals surface area contributed by atoms with Crippen LogP contribution in [0.15, 0.2) is 11.6 Å². The average molecular weight is 1150 g/mol. The van der Waals surface area contributed by atoms with Gasteiger partial charge in [0.25, 0.3) is 0 Å². The molecule has 0 spiro atoms. The number of aliphatic hydroxyl groups is 10. The van der Waals surface area contributed by atoms with Crippen LogP contribution in [0.3, 0.4) is 0 Å². The Labute approximate surface area is 466 Å². The van der Waals surface area contributed by atoms with E-state index in [9.17, 15) is 55.9 Å². The summed E-state index contributed by atoms with van der Waals surface area (Å²) >= 11 is 0. The zero-order valence-corrected chi connectivity index (χ0v) is 47.3. The number of allylic oxidation sites excluding steroid dienone is 1. The van der Waals surface area contributed by atoms with E-state index >= 15 is 0 Å². The Hall–Kier alpha value is -1.71. The van der Waals surface area contributed by atoms with E-state index in [-0.39, 0.29) is 35.4 Å². The minimum Gasteiger partial charge on any atom is -0.454 e. The van der Waals surface area contributed by atoms with Crippen LogP contribution in [0.5, 0.6) is 0 Å². The number of hydrogen-bond acceptors (Lipinski definition) is 25.